The molecule has 5 aromatic rings. The molecule has 0 saturated heterocycles. The molecule has 4 heterocycles. The van der Waals surface area contributed by atoms with Crippen LogP contribution in [0, 0.1) is 6.92 Å². The second kappa shape index (κ2) is 11.5. The summed E-state index contributed by atoms with van der Waals surface area (Å²) in [6.07, 6.45) is -3.05. The molecule has 0 bridgehead atoms. The summed E-state index contributed by atoms with van der Waals surface area (Å²) < 4.78 is 39.3. The largest absolute Gasteiger partial charge is 0.417 e. The number of aromatic amines is 1. The number of halogens is 4. The molecule has 0 aliphatic rings. The highest BCUT2D eigenvalue weighted by atomic mass is 35.5. The Labute approximate surface area is 240 Å². The predicted octanol–water partition coefficient (Wildman–Crippen LogP) is 7.60. The second-order valence-corrected chi connectivity index (χ2v) is 10.1. The van der Waals surface area contributed by atoms with E-state index in [1.807, 2.05) is 30.5 Å². The summed E-state index contributed by atoms with van der Waals surface area (Å²) >= 11 is 12.5. The summed E-state index contributed by atoms with van der Waals surface area (Å²) in [7, 11) is 0. The normalized spacial score (nSPS) is 11.2. The van der Waals surface area contributed by atoms with Crippen LogP contribution >= 0.6 is 35.2 Å². The number of aromatic nitrogens is 5. The third kappa shape index (κ3) is 6.83. The van der Waals surface area contributed by atoms with E-state index < -0.39 is 16.8 Å². The quantitative estimate of drug-likeness (QED) is 0.120. The fraction of sp³-hybridized carbons (Fsp3) is 0.0800. The van der Waals surface area contributed by atoms with Gasteiger partial charge in [-0.25, -0.2) is 9.97 Å². The van der Waals surface area contributed by atoms with Crippen LogP contribution in [0.25, 0.3) is 10.6 Å². The molecule has 5 N–H and O–H groups in total. The van der Waals surface area contributed by atoms with Gasteiger partial charge >= 0.3 is 6.18 Å². The van der Waals surface area contributed by atoms with Crippen molar-refractivity contribution in [2.45, 2.75) is 13.1 Å². The van der Waals surface area contributed by atoms with Crippen LogP contribution in [-0.4, -0.2) is 30.3 Å². The van der Waals surface area contributed by atoms with Gasteiger partial charge in [-0.15, -0.1) is 11.3 Å². The number of anilines is 6. The average molecular weight is 602 g/mol. The minimum absolute atomic E-state index is 0.0578. The number of alkyl halides is 3. The van der Waals surface area contributed by atoms with Crippen LogP contribution in [-0.2, 0) is 6.18 Å². The number of aryl methyl sites for hydroxylation is 1. The molecule has 40 heavy (non-hydrogen) atoms. The zero-order valence-electron chi connectivity index (χ0n) is 20.5. The predicted molar refractivity (Wildman–Crippen MR) is 156 cm³/mol. The topological polar surface area (TPSA) is 115 Å². The smallest absolute Gasteiger partial charge is 0.332 e. The molecule has 15 heteroatoms. The van der Waals surface area contributed by atoms with Crippen LogP contribution < -0.4 is 21.3 Å². The summed E-state index contributed by atoms with van der Waals surface area (Å²) in [4.78, 5) is 14.2. The maximum absolute atomic E-state index is 13.1. The van der Waals surface area contributed by atoms with Gasteiger partial charge in [-0.3, -0.25) is 5.10 Å². The number of hydrogen-bond donors (Lipinski definition) is 5. The van der Waals surface area contributed by atoms with Gasteiger partial charge in [0.15, 0.2) is 5.11 Å². The van der Waals surface area contributed by atoms with Crippen LogP contribution in [0.2, 0.25) is 5.02 Å². The lowest BCUT2D eigenvalue weighted by Crippen LogP contribution is -2.20. The molecule has 204 valence electrons. The molecule has 0 radical (unpaired) electrons. The molecule has 0 aliphatic carbocycles. The van der Waals surface area contributed by atoms with E-state index in [1.54, 1.807) is 29.5 Å². The van der Waals surface area contributed by atoms with E-state index in [4.69, 9.17) is 23.8 Å². The summed E-state index contributed by atoms with van der Waals surface area (Å²) in [6.45, 7) is 1.85. The average Bonchev–Trinajstić information content (AvgIpc) is 3.58. The van der Waals surface area contributed by atoms with Gasteiger partial charge in [-0.1, -0.05) is 17.7 Å². The Morgan fingerprint density at radius 3 is 2.52 bits per heavy atom. The standard InChI is InChI=1S/C25H19ClF3N9S2/c1-13-9-21(34-22-11-18(37-38-22)19-3-2-8-40-19)35-23(31-13)32-15-5-7-20(30-12-15)36-24(39)33-14-4-6-17(26)16(10-14)25(27,28)29/h2-12H,1H3,(H2,30,33,36,39)(H3,31,32,34,35,37,38). The number of nitrogens with zero attached hydrogens (tertiary/aromatic N) is 4. The number of thiophene rings is 1. The monoisotopic (exact) mass is 601 g/mol. The highest BCUT2D eigenvalue weighted by molar-refractivity contribution is 7.80. The Balaban J connectivity index is 1.20. The van der Waals surface area contributed by atoms with Gasteiger partial charge in [0.1, 0.15) is 23.1 Å². The van der Waals surface area contributed by atoms with Gasteiger partial charge in [0.25, 0.3) is 0 Å². The number of hydrogen-bond acceptors (Lipinski definition) is 8. The molecule has 1 aromatic carbocycles. The van der Waals surface area contributed by atoms with Crippen LogP contribution in [0.5, 0.6) is 0 Å². The van der Waals surface area contributed by atoms with Crippen molar-refractivity contribution in [2.75, 3.05) is 21.3 Å². The van der Waals surface area contributed by atoms with Gasteiger partial charge in [-0.05, 0) is 60.9 Å². The Morgan fingerprint density at radius 2 is 1.80 bits per heavy atom. The lowest BCUT2D eigenvalue weighted by atomic mass is 10.2. The van der Waals surface area contributed by atoms with E-state index in [1.165, 1.54) is 12.3 Å². The summed E-state index contributed by atoms with van der Waals surface area (Å²) in [6, 6.07) is 14.5. The molecule has 0 atom stereocenters. The van der Waals surface area contributed by atoms with Crippen molar-refractivity contribution < 1.29 is 13.2 Å². The maximum Gasteiger partial charge on any atom is 0.417 e. The third-order valence-corrected chi connectivity index (χ3v) is 6.69. The number of benzene rings is 1. The van der Waals surface area contributed by atoms with Gasteiger partial charge < -0.3 is 21.3 Å². The minimum atomic E-state index is -4.58. The molecular weight excluding hydrogens is 583 g/mol. The fourth-order valence-electron chi connectivity index (χ4n) is 3.53. The first-order valence-electron chi connectivity index (χ1n) is 11.5. The molecule has 9 nitrogen and oxygen atoms in total. The van der Waals surface area contributed by atoms with Crippen LogP contribution in [0.3, 0.4) is 0 Å². The molecule has 4 aromatic heterocycles. The highest BCUT2D eigenvalue weighted by Crippen LogP contribution is 2.36. The second-order valence-electron chi connectivity index (χ2n) is 8.32. The lowest BCUT2D eigenvalue weighted by molar-refractivity contribution is -0.137. The number of rotatable bonds is 7. The number of pyridine rings is 1. The summed E-state index contributed by atoms with van der Waals surface area (Å²) in [5.74, 6) is 1.97. The van der Waals surface area contributed by atoms with Crippen molar-refractivity contribution in [3.05, 3.63) is 82.5 Å². The van der Waals surface area contributed by atoms with Crippen LogP contribution in [0.4, 0.5) is 47.9 Å². The Bertz CT molecular complexity index is 1640. The zero-order valence-corrected chi connectivity index (χ0v) is 22.9. The fourth-order valence-corrected chi connectivity index (χ4v) is 4.67. The molecule has 0 amide bonds. The van der Waals surface area contributed by atoms with E-state index in [0.29, 0.717) is 29.1 Å². The zero-order chi connectivity index (χ0) is 28.3. The van der Waals surface area contributed by atoms with Crippen molar-refractivity contribution in [3.8, 4) is 10.6 Å². The van der Waals surface area contributed by atoms with Crippen molar-refractivity contribution in [2.24, 2.45) is 0 Å². The Kier molecular flexibility index (Phi) is 7.82. The first-order valence-corrected chi connectivity index (χ1v) is 13.2. The van der Waals surface area contributed by atoms with E-state index in [0.717, 1.165) is 28.4 Å². The molecular formula is C25H19ClF3N9S2. The molecule has 0 spiro atoms. The number of thiocarbonyl (C=S) groups is 1. The Hall–Kier alpha value is -4.27. The SMILES string of the molecule is Cc1cc(Nc2cc(-c3cccs3)n[nH]2)nc(Nc2ccc(NC(=S)Nc3ccc(Cl)c(C(F)(F)F)c3)nc2)n1. The van der Waals surface area contributed by atoms with Crippen molar-refractivity contribution in [1.82, 2.24) is 25.1 Å². The van der Waals surface area contributed by atoms with E-state index in [2.05, 4.69) is 46.4 Å². The van der Waals surface area contributed by atoms with E-state index in [-0.39, 0.29) is 10.8 Å². The minimum Gasteiger partial charge on any atom is -0.332 e. The number of H-pyrrole nitrogens is 1. The van der Waals surface area contributed by atoms with E-state index in [9.17, 15) is 13.2 Å². The first-order chi connectivity index (χ1) is 19.1. The van der Waals surface area contributed by atoms with Crippen molar-refractivity contribution in [1.29, 1.82) is 0 Å². The summed E-state index contributed by atoms with van der Waals surface area (Å²) in [5, 5.41) is 20.8. The van der Waals surface area contributed by atoms with Crippen molar-refractivity contribution in [3.63, 3.8) is 0 Å². The first kappa shape index (κ1) is 27.3. The lowest BCUT2D eigenvalue weighted by Gasteiger charge is -2.14. The highest BCUT2D eigenvalue weighted by Gasteiger charge is 2.33. The van der Waals surface area contributed by atoms with E-state index >= 15 is 0 Å². The summed E-state index contributed by atoms with van der Waals surface area (Å²) in [5.41, 5.74) is 1.34. The Morgan fingerprint density at radius 1 is 0.975 bits per heavy atom. The van der Waals surface area contributed by atoms with Crippen LogP contribution in [0.15, 0.2) is 66.2 Å². The maximum atomic E-state index is 13.1. The van der Waals surface area contributed by atoms with Crippen LogP contribution in [0.1, 0.15) is 11.3 Å². The molecule has 0 unspecified atom stereocenters. The van der Waals surface area contributed by atoms with Gasteiger partial charge in [0.05, 0.1) is 27.3 Å². The molecule has 5 rings (SSSR count). The van der Waals surface area contributed by atoms with Gasteiger partial charge in [-0.2, -0.15) is 23.3 Å². The third-order valence-electron chi connectivity index (χ3n) is 5.26. The van der Waals surface area contributed by atoms with Gasteiger partial charge in [0, 0.05) is 23.5 Å². The molecule has 0 aliphatic heterocycles. The molecule has 0 fully saturated rings. The number of nitrogens with one attached hydrogen (secondary N) is 5. The molecule has 0 saturated carbocycles. The van der Waals surface area contributed by atoms with Crippen molar-refractivity contribution >= 4 is 75.0 Å². The van der Waals surface area contributed by atoms with Gasteiger partial charge in [0.2, 0.25) is 5.95 Å².